The van der Waals surface area contributed by atoms with Crippen LogP contribution in [0.25, 0.3) is 0 Å². The van der Waals surface area contributed by atoms with Gasteiger partial charge in [0.1, 0.15) is 24.4 Å². The van der Waals surface area contributed by atoms with Crippen molar-refractivity contribution in [2.75, 3.05) is 13.2 Å². The van der Waals surface area contributed by atoms with Crippen LogP contribution in [0.3, 0.4) is 0 Å². The largest absolute Gasteiger partial charge is 0.479 e. The lowest BCUT2D eigenvalue weighted by molar-refractivity contribution is -0.136. The number of rotatable bonds is 6. The van der Waals surface area contributed by atoms with Crippen molar-refractivity contribution in [3.8, 4) is 0 Å². The predicted molar refractivity (Wildman–Crippen MR) is 70.4 cm³/mol. The fourth-order valence-corrected chi connectivity index (χ4v) is 0.989. The molecule has 7 nitrogen and oxygen atoms in total. The monoisotopic (exact) mass is 302 g/mol. The molecule has 0 amide bonds. The van der Waals surface area contributed by atoms with Crippen LogP contribution in [0.15, 0.2) is 0 Å². The Morgan fingerprint density at radius 1 is 1.33 bits per heavy atom. The van der Waals surface area contributed by atoms with Crippen molar-refractivity contribution in [3.63, 3.8) is 0 Å². The van der Waals surface area contributed by atoms with Crippen LogP contribution in [0.4, 0.5) is 0 Å². The predicted octanol–water partition coefficient (Wildman–Crippen LogP) is -2.14. The maximum absolute atomic E-state index is 9.90. The number of thiocarbonyl (C=S) groups is 1. The number of carbonyl (C=O) groups excluding carboxylic acids is 1. The number of hydrogen-bond acceptors (Lipinski definition) is 8. The standard InChI is InChI=1S/C6H12O6.C3H6OS2/c7-1-3(9)5(11)6(12)4(10)2-8;1-2-4-3(5)6/h1,3-6,8-12H,2H2;2H2,1H3,(H,5,6)/t3-,4+,5+,6+;/m0./s1. The third-order valence-electron chi connectivity index (χ3n) is 1.69. The van der Waals surface area contributed by atoms with Crippen molar-refractivity contribution < 1.29 is 35.1 Å². The van der Waals surface area contributed by atoms with Crippen LogP contribution >= 0.6 is 24.8 Å². The zero-order chi connectivity index (χ0) is 14.7. The summed E-state index contributed by atoms with van der Waals surface area (Å²) in [5.41, 5.74) is 0. The third kappa shape index (κ3) is 9.71. The molecule has 108 valence electrons. The summed E-state index contributed by atoms with van der Waals surface area (Å²) in [6.07, 6.45) is -6.84. The van der Waals surface area contributed by atoms with Gasteiger partial charge >= 0.3 is 0 Å². The van der Waals surface area contributed by atoms with Gasteiger partial charge < -0.3 is 35.1 Å². The first-order valence-electron chi connectivity index (χ1n) is 4.95. The average molecular weight is 302 g/mol. The summed E-state index contributed by atoms with van der Waals surface area (Å²) in [5, 5.41) is 43.5. The van der Waals surface area contributed by atoms with Crippen LogP contribution in [-0.2, 0) is 9.53 Å². The Morgan fingerprint density at radius 2 is 1.83 bits per heavy atom. The molecule has 5 N–H and O–H groups in total. The van der Waals surface area contributed by atoms with Crippen molar-refractivity contribution in [1.82, 2.24) is 0 Å². The summed E-state index contributed by atoms with van der Waals surface area (Å²) in [6.45, 7) is 1.72. The van der Waals surface area contributed by atoms with Crippen LogP contribution in [-0.4, -0.2) is 73.8 Å². The van der Waals surface area contributed by atoms with Gasteiger partial charge in [0.25, 0.3) is 0 Å². The van der Waals surface area contributed by atoms with Crippen LogP contribution in [0.5, 0.6) is 0 Å². The van der Waals surface area contributed by atoms with Gasteiger partial charge in [-0.15, -0.1) is 0 Å². The van der Waals surface area contributed by atoms with Gasteiger partial charge in [-0.1, -0.05) is 12.6 Å². The number of aliphatic hydroxyl groups excluding tert-OH is 5. The van der Waals surface area contributed by atoms with Crippen molar-refractivity contribution in [2.24, 2.45) is 0 Å². The minimum atomic E-state index is -1.79. The Balaban J connectivity index is 0. The average Bonchev–Trinajstić information content (AvgIpc) is 2.35. The molecule has 0 aliphatic carbocycles. The van der Waals surface area contributed by atoms with Gasteiger partial charge in [-0.3, -0.25) is 0 Å². The van der Waals surface area contributed by atoms with Crippen LogP contribution in [0, 0.1) is 0 Å². The lowest BCUT2D eigenvalue weighted by atomic mass is 10.0. The van der Waals surface area contributed by atoms with Crippen molar-refractivity contribution in [3.05, 3.63) is 0 Å². The fourth-order valence-electron chi connectivity index (χ4n) is 0.742. The van der Waals surface area contributed by atoms with E-state index in [4.69, 9.17) is 25.5 Å². The van der Waals surface area contributed by atoms with Crippen LogP contribution < -0.4 is 0 Å². The highest BCUT2D eigenvalue weighted by Gasteiger charge is 2.29. The summed E-state index contributed by atoms with van der Waals surface area (Å²) >= 11 is 8.12. The minimum absolute atomic E-state index is 0.0258. The second-order valence-electron chi connectivity index (χ2n) is 3.06. The number of aliphatic hydroxyl groups is 5. The van der Waals surface area contributed by atoms with Crippen molar-refractivity contribution in [2.45, 2.75) is 31.3 Å². The minimum Gasteiger partial charge on any atom is -0.479 e. The van der Waals surface area contributed by atoms with Gasteiger partial charge in [0, 0.05) is 0 Å². The molecule has 0 aromatic heterocycles. The summed E-state index contributed by atoms with van der Waals surface area (Å²) in [5.74, 6) is 0. The number of thiol groups is 1. The molecule has 4 atom stereocenters. The third-order valence-corrected chi connectivity index (χ3v) is 1.94. The van der Waals surface area contributed by atoms with Crippen LogP contribution in [0.1, 0.15) is 6.92 Å². The Kier molecular flexibility index (Phi) is 13.1. The van der Waals surface area contributed by atoms with Gasteiger partial charge in [0.2, 0.25) is 4.38 Å². The molecular weight excluding hydrogens is 284 g/mol. The molecule has 0 radical (unpaired) electrons. The van der Waals surface area contributed by atoms with E-state index in [1.807, 2.05) is 6.92 Å². The van der Waals surface area contributed by atoms with E-state index in [9.17, 15) is 4.79 Å². The Labute approximate surface area is 115 Å². The van der Waals surface area contributed by atoms with E-state index >= 15 is 0 Å². The maximum Gasteiger partial charge on any atom is 0.216 e. The Morgan fingerprint density at radius 3 is 2.06 bits per heavy atom. The maximum atomic E-state index is 9.90. The molecule has 0 unspecified atom stereocenters. The van der Waals surface area contributed by atoms with E-state index < -0.39 is 31.0 Å². The van der Waals surface area contributed by atoms with E-state index in [0.29, 0.717) is 11.0 Å². The first-order chi connectivity index (χ1) is 8.31. The van der Waals surface area contributed by atoms with E-state index in [0.717, 1.165) is 0 Å². The van der Waals surface area contributed by atoms with Gasteiger partial charge in [-0.25, -0.2) is 0 Å². The topological polar surface area (TPSA) is 127 Å². The molecule has 0 saturated carbocycles. The zero-order valence-corrected chi connectivity index (χ0v) is 11.4. The smallest absolute Gasteiger partial charge is 0.216 e. The zero-order valence-electron chi connectivity index (χ0n) is 9.71. The van der Waals surface area contributed by atoms with Crippen molar-refractivity contribution in [1.29, 1.82) is 0 Å². The molecule has 0 bridgehead atoms. The lowest BCUT2D eigenvalue weighted by Crippen LogP contribution is -2.46. The van der Waals surface area contributed by atoms with E-state index in [-0.39, 0.29) is 6.29 Å². The highest BCUT2D eigenvalue weighted by atomic mass is 32.1. The van der Waals surface area contributed by atoms with Crippen molar-refractivity contribution >= 4 is 35.5 Å². The number of ether oxygens (including phenoxy) is 1. The summed E-state index contributed by atoms with van der Waals surface area (Å²) in [6, 6.07) is 0. The molecule has 0 fully saturated rings. The molecule has 0 heterocycles. The van der Waals surface area contributed by atoms with E-state index in [2.05, 4.69) is 29.6 Å². The summed E-state index contributed by atoms with van der Waals surface area (Å²) in [7, 11) is 0. The Hall–Kier alpha value is -0.290. The van der Waals surface area contributed by atoms with Crippen LogP contribution in [0.2, 0.25) is 0 Å². The van der Waals surface area contributed by atoms with Gasteiger partial charge in [-0.05, 0) is 19.1 Å². The normalized spacial score (nSPS) is 16.6. The van der Waals surface area contributed by atoms with Gasteiger partial charge in [0.15, 0.2) is 6.29 Å². The summed E-state index contributed by atoms with van der Waals surface area (Å²) in [4.78, 5) is 9.90. The first kappa shape index (κ1) is 20.0. The van der Waals surface area contributed by atoms with Gasteiger partial charge in [-0.2, -0.15) is 0 Å². The SMILES string of the molecule is CCOC(=S)S.O=C[C@H](O)[C@@H](O)[C@H](O)[C@H](O)CO. The Bertz CT molecular complexity index is 239. The molecule has 9 heteroatoms. The van der Waals surface area contributed by atoms with E-state index in [1.54, 1.807) is 0 Å². The molecule has 0 aliphatic heterocycles. The highest BCUT2D eigenvalue weighted by molar-refractivity contribution is 8.10. The molecule has 18 heavy (non-hydrogen) atoms. The second-order valence-corrected chi connectivity index (χ2v) is 4.14. The molecular formula is C9H18O7S2. The highest BCUT2D eigenvalue weighted by Crippen LogP contribution is 2.02. The van der Waals surface area contributed by atoms with E-state index in [1.165, 1.54) is 0 Å². The summed E-state index contributed by atoms with van der Waals surface area (Å²) < 4.78 is 4.95. The number of carbonyl (C=O) groups is 1. The molecule has 0 saturated heterocycles. The van der Waals surface area contributed by atoms with Gasteiger partial charge in [0.05, 0.1) is 13.2 Å². The molecule has 0 rings (SSSR count). The number of hydrogen-bond donors (Lipinski definition) is 6. The quantitative estimate of drug-likeness (QED) is 0.186. The molecule has 0 aliphatic rings. The first-order valence-corrected chi connectivity index (χ1v) is 5.81. The molecule has 0 aromatic carbocycles. The second kappa shape index (κ2) is 11.8. The lowest BCUT2D eigenvalue weighted by Gasteiger charge is -2.22. The molecule has 0 aromatic rings. The number of aldehydes is 1. The fraction of sp³-hybridized carbons (Fsp3) is 0.778. The molecule has 0 spiro atoms.